The Hall–Kier alpha value is -5.66. The molecular weight excluding hydrogens is 634 g/mol. The second-order valence-electron chi connectivity index (χ2n) is 11.6. The highest BCUT2D eigenvalue weighted by molar-refractivity contribution is 7.89. The first kappa shape index (κ1) is 33.7. The number of rotatable bonds is 12. The summed E-state index contributed by atoms with van der Waals surface area (Å²) in [5, 5.41) is 18.4. The van der Waals surface area contributed by atoms with Gasteiger partial charge in [0.25, 0.3) is 5.91 Å². The van der Waals surface area contributed by atoms with Crippen molar-refractivity contribution < 1.29 is 32.6 Å². The predicted octanol–water partition coefficient (Wildman–Crippen LogP) is 5.60. The minimum Gasteiger partial charge on any atom is -0.483 e. The number of aliphatic carboxylic acids is 1. The van der Waals surface area contributed by atoms with E-state index in [1.165, 1.54) is 24.3 Å². The summed E-state index contributed by atoms with van der Waals surface area (Å²) in [4.78, 5) is 40.0. The SMILES string of the molecule is Cc1ccccc1NC(=O)Nc1ccc(C(C)(C)Oc2ccc3[nH]c(C(=O)NCC(NS(=O)(=O)c4ccccc4)C(=O)O)cc3c2)cc1. The number of carboxylic acid groups (broad SMARTS) is 1. The van der Waals surface area contributed by atoms with Crippen molar-refractivity contribution in [1.82, 2.24) is 15.0 Å². The normalized spacial score (nSPS) is 12.2. The Morgan fingerprint density at radius 2 is 1.56 bits per heavy atom. The fraction of sp³-hybridized carbons (Fsp3) is 0.171. The zero-order valence-corrected chi connectivity index (χ0v) is 27.2. The number of anilines is 2. The van der Waals surface area contributed by atoms with E-state index in [2.05, 4.69) is 25.7 Å². The first-order valence-electron chi connectivity index (χ1n) is 14.9. The fourth-order valence-electron chi connectivity index (χ4n) is 4.93. The van der Waals surface area contributed by atoms with Gasteiger partial charge in [-0.15, -0.1) is 0 Å². The third kappa shape index (κ3) is 8.18. The molecule has 5 aromatic rings. The van der Waals surface area contributed by atoms with E-state index < -0.39 is 40.1 Å². The van der Waals surface area contributed by atoms with Crippen molar-refractivity contribution in [3.8, 4) is 5.75 Å². The van der Waals surface area contributed by atoms with Crippen molar-refractivity contribution in [2.75, 3.05) is 17.2 Å². The molecule has 0 saturated heterocycles. The molecule has 4 aromatic carbocycles. The lowest BCUT2D eigenvalue weighted by Gasteiger charge is -2.27. The highest BCUT2D eigenvalue weighted by atomic mass is 32.2. The molecule has 0 bridgehead atoms. The first-order chi connectivity index (χ1) is 22.8. The van der Waals surface area contributed by atoms with Crippen molar-refractivity contribution in [3.63, 3.8) is 0 Å². The summed E-state index contributed by atoms with van der Waals surface area (Å²) in [5.74, 6) is -1.51. The zero-order valence-electron chi connectivity index (χ0n) is 26.4. The van der Waals surface area contributed by atoms with E-state index in [0.717, 1.165) is 16.8 Å². The van der Waals surface area contributed by atoms with Gasteiger partial charge in [-0.25, -0.2) is 13.2 Å². The van der Waals surface area contributed by atoms with Gasteiger partial charge in [-0.1, -0.05) is 48.5 Å². The van der Waals surface area contributed by atoms with E-state index in [0.29, 0.717) is 22.3 Å². The number of urea groups is 1. The Balaban J connectivity index is 1.20. The van der Waals surface area contributed by atoms with Gasteiger partial charge in [0.1, 0.15) is 23.1 Å². The molecule has 0 saturated carbocycles. The lowest BCUT2D eigenvalue weighted by Crippen LogP contribution is -2.48. The van der Waals surface area contributed by atoms with Crippen LogP contribution in [0.5, 0.6) is 5.75 Å². The van der Waals surface area contributed by atoms with E-state index in [1.54, 1.807) is 42.5 Å². The molecule has 6 N–H and O–H groups in total. The lowest BCUT2D eigenvalue weighted by atomic mass is 9.97. The minimum absolute atomic E-state index is 0.0907. The number of aryl methyl sites for hydroxylation is 1. The summed E-state index contributed by atoms with van der Waals surface area (Å²) in [6.45, 7) is 5.25. The maximum absolute atomic E-state index is 12.9. The maximum atomic E-state index is 12.9. The van der Waals surface area contributed by atoms with Gasteiger partial charge in [0.2, 0.25) is 10.0 Å². The van der Waals surface area contributed by atoms with E-state index in [4.69, 9.17) is 4.74 Å². The number of nitrogens with one attached hydrogen (secondary N) is 5. The second-order valence-corrected chi connectivity index (χ2v) is 13.3. The molecule has 1 atom stereocenters. The molecule has 48 heavy (non-hydrogen) atoms. The van der Waals surface area contributed by atoms with Crippen LogP contribution in [0.4, 0.5) is 16.2 Å². The summed E-state index contributed by atoms with van der Waals surface area (Å²) in [6.07, 6.45) is 0. The number of benzene rings is 4. The molecule has 13 heteroatoms. The van der Waals surface area contributed by atoms with E-state index in [1.807, 2.05) is 57.2 Å². The Morgan fingerprint density at radius 1 is 0.875 bits per heavy atom. The van der Waals surface area contributed by atoms with Crippen LogP contribution in [-0.4, -0.2) is 49.0 Å². The first-order valence-corrected chi connectivity index (χ1v) is 16.4. The van der Waals surface area contributed by atoms with Crippen LogP contribution in [-0.2, 0) is 20.4 Å². The number of sulfonamides is 1. The van der Waals surface area contributed by atoms with Crippen LogP contribution >= 0.6 is 0 Å². The molecule has 0 radical (unpaired) electrons. The van der Waals surface area contributed by atoms with Gasteiger partial charge in [-0.3, -0.25) is 9.59 Å². The lowest BCUT2D eigenvalue weighted by molar-refractivity contribution is -0.138. The van der Waals surface area contributed by atoms with E-state index >= 15 is 0 Å². The Labute approximate surface area is 277 Å². The molecule has 1 aromatic heterocycles. The molecule has 5 rings (SSSR count). The molecule has 0 spiro atoms. The van der Waals surface area contributed by atoms with Gasteiger partial charge >= 0.3 is 12.0 Å². The molecular formula is C35H35N5O7S. The van der Waals surface area contributed by atoms with Gasteiger partial charge in [0.15, 0.2) is 0 Å². The Kier molecular flexibility index (Phi) is 9.82. The number of H-pyrrole nitrogens is 1. The Bertz CT molecular complexity index is 2060. The monoisotopic (exact) mass is 669 g/mol. The van der Waals surface area contributed by atoms with E-state index in [-0.39, 0.29) is 16.6 Å². The Morgan fingerprint density at radius 3 is 2.25 bits per heavy atom. The van der Waals surface area contributed by atoms with Gasteiger partial charge in [0.05, 0.1) is 4.90 Å². The molecule has 248 valence electrons. The average molecular weight is 670 g/mol. The zero-order chi connectivity index (χ0) is 34.5. The number of hydrogen-bond acceptors (Lipinski definition) is 6. The van der Waals surface area contributed by atoms with Crippen LogP contribution in [0.1, 0.15) is 35.5 Å². The number of ether oxygens (including phenoxy) is 1. The summed E-state index contributed by atoms with van der Waals surface area (Å²) >= 11 is 0. The smallest absolute Gasteiger partial charge is 0.323 e. The highest BCUT2D eigenvalue weighted by Crippen LogP contribution is 2.31. The van der Waals surface area contributed by atoms with Gasteiger partial charge < -0.3 is 30.8 Å². The van der Waals surface area contributed by atoms with E-state index in [9.17, 15) is 27.9 Å². The van der Waals surface area contributed by atoms with Gasteiger partial charge in [-0.2, -0.15) is 4.72 Å². The second kappa shape index (κ2) is 14.0. The number of hydrogen-bond donors (Lipinski definition) is 6. The quantitative estimate of drug-likeness (QED) is 0.100. The van der Waals surface area contributed by atoms with Crippen LogP contribution in [0.25, 0.3) is 10.9 Å². The summed E-state index contributed by atoms with van der Waals surface area (Å²) in [7, 11) is -4.12. The maximum Gasteiger partial charge on any atom is 0.323 e. The van der Waals surface area contributed by atoms with Crippen LogP contribution in [0.2, 0.25) is 0 Å². The highest BCUT2D eigenvalue weighted by Gasteiger charge is 2.27. The molecule has 0 aliphatic rings. The third-order valence-electron chi connectivity index (χ3n) is 7.56. The predicted molar refractivity (Wildman–Crippen MR) is 183 cm³/mol. The van der Waals surface area contributed by atoms with Crippen molar-refractivity contribution in [2.24, 2.45) is 0 Å². The largest absolute Gasteiger partial charge is 0.483 e. The standard InChI is InChI=1S/C35H35N5O7S/c1-22-9-7-8-12-28(22)39-34(44)37-25-15-13-24(14-16-25)35(2,3)47-26-17-18-29-23(19-26)20-30(38-29)32(41)36-21-31(33(42)43)40-48(45,46)27-10-5-4-6-11-27/h4-20,31,38,40H,21H2,1-3H3,(H,36,41)(H,42,43)(H2,37,39,44). The van der Waals surface area contributed by atoms with Crippen molar-refractivity contribution in [2.45, 2.75) is 37.3 Å². The minimum atomic E-state index is -4.12. The number of carboxylic acids is 1. The average Bonchev–Trinajstić information content (AvgIpc) is 3.48. The van der Waals surface area contributed by atoms with Gasteiger partial charge in [0, 0.05) is 28.8 Å². The van der Waals surface area contributed by atoms with Crippen molar-refractivity contribution in [1.29, 1.82) is 0 Å². The van der Waals surface area contributed by atoms with Crippen LogP contribution in [0.15, 0.2) is 108 Å². The molecule has 0 fully saturated rings. The molecule has 1 unspecified atom stereocenters. The number of carbonyl (C=O) groups is 3. The number of aromatic amines is 1. The molecule has 0 aliphatic heterocycles. The summed E-state index contributed by atoms with van der Waals surface area (Å²) in [6, 6.07) is 27.1. The summed E-state index contributed by atoms with van der Waals surface area (Å²) in [5.41, 5.74) is 3.20. The fourth-order valence-corrected chi connectivity index (χ4v) is 6.14. The number of para-hydroxylation sites is 1. The number of aromatic nitrogens is 1. The topological polar surface area (TPSA) is 179 Å². The van der Waals surface area contributed by atoms with Crippen LogP contribution < -0.4 is 25.4 Å². The van der Waals surface area contributed by atoms with Crippen LogP contribution in [0.3, 0.4) is 0 Å². The molecule has 3 amide bonds. The number of amides is 3. The third-order valence-corrected chi connectivity index (χ3v) is 9.04. The van der Waals surface area contributed by atoms with Crippen molar-refractivity contribution >= 4 is 50.2 Å². The van der Waals surface area contributed by atoms with Crippen molar-refractivity contribution in [3.05, 3.63) is 120 Å². The summed E-state index contributed by atoms with van der Waals surface area (Å²) < 4.78 is 33.6. The van der Waals surface area contributed by atoms with Crippen LogP contribution in [0, 0.1) is 6.92 Å². The molecule has 0 aliphatic carbocycles. The number of carbonyl (C=O) groups excluding carboxylic acids is 2. The molecule has 12 nitrogen and oxygen atoms in total. The molecule has 1 heterocycles. The number of fused-ring (bicyclic) bond motifs is 1. The van der Waals surface area contributed by atoms with Gasteiger partial charge in [-0.05, 0) is 86.5 Å².